The Labute approximate surface area is 129 Å². The highest BCUT2D eigenvalue weighted by molar-refractivity contribution is 7.89. The van der Waals surface area contributed by atoms with Gasteiger partial charge in [-0.05, 0) is 31.2 Å². The van der Waals surface area contributed by atoms with Gasteiger partial charge in [-0.15, -0.1) is 0 Å². The molecule has 0 bridgehead atoms. The molecule has 0 spiro atoms. The zero-order valence-corrected chi connectivity index (χ0v) is 13.0. The Kier molecular flexibility index (Phi) is 4.00. The minimum atomic E-state index is -3.50. The van der Waals surface area contributed by atoms with E-state index in [0.29, 0.717) is 6.42 Å². The second-order valence-electron chi connectivity index (χ2n) is 5.29. The van der Waals surface area contributed by atoms with Crippen molar-refractivity contribution in [2.45, 2.75) is 24.3 Å². The first-order valence-corrected chi connectivity index (χ1v) is 8.58. The lowest BCUT2D eigenvalue weighted by molar-refractivity contribution is 0.504. The van der Waals surface area contributed by atoms with Crippen LogP contribution in [0.5, 0.6) is 0 Å². The molecule has 0 saturated heterocycles. The van der Waals surface area contributed by atoms with Crippen LogP contribution < -0.4 is 4.72 Å². The fraction of sp³-hybridized carbons (Fsp3) is 0.176. The summed E-state index contributed by atoms with van der Waals surface area (Å²) in [5.74, 6) is 0.768. The number of hydrogen-bond donors (Lipinski definition) is 1. The second kappa shape index (κ2) is 5.94. The lowest BCUT2D eigenvalue weighted by atomic mass is 10.2. The Morgan fingerprint density at radius 1 is 1.05 bits per heavy atom. The number of furan rings is 1. The first kappa shape index (κ1) is 14.8. The fourth-order valence-electron chi connectivity index (χ4n) is 2.41. The fourth-order valence-corrected chi connectivity index (χ4v) is 3.68. The monoisotopic (exact) mass is 315 g/mol. The van der Waals surface area contributed by atoms with Gasteiger partial charge in [0.25, 0.3) is 0 Å². The molecule has 114 valence electrons. The van der Waals surface area contributed by atoms with Gasteiger partial charge in [-0.25, -0.2) is 13.1 Å². The van der Waals surface area contributed by atoms with E-state index in [1.54, 1.807) is 30.3 Å². The predicted molar refractivity (Wildman–Crippen MR) is 86.1 cm³/mol. The van der Waals surface area contributed by atoms with E-state index in [0.717, 1.165) is 16.7 Å². The Bertz CT molecular complexity index is 836. The van der Waals surface area contributed by atoms with Gasteiger partial charge in [-0.3, -0.25) is 0 Å². The molecule has 0 aliphatic rings. The Hall–Kier alpha value is -2.11. The first-order chi connectivity index (χ1) is 10.5. The van der Waals surface area contributed by atoms with E-state index < -0.39 is 10.0 Å². The summed E-state index contributed by atoms with van der Waals surface area (Å²) in [7, 11) is -3.50. The van der Waals surface area contributed by atoms with Crippen molar-refractivity contribution in [2.24, 2.45) is 0 Å². The molecule has 22 heavy (non-hydrogen) atoms. The summed E-state index contributed by atoms with van der Waals surface area (Å²) in [5.41, 5.74) is 0.815. The summed E-state index contributed by atoms with van der Waals surface area (Å²) < 4.78 is 32.9. The quantitative estimate of drug-likeness (QED) is 0.785. The molecule has 2 aromatic carbocycles. The van der Waals surface area contributed by atoms with Gasteiger partial charge in [0.2, 0.25) is 10.0 Å². The van der Waals surface area contributed by atoms with E-state index in [-0.39, 0.29) is 10.9 Å². The lowest BCUT2D eigenvalue weighted by Crippen LogP contribution is -2.33. The van der Waals surface area contributed by atoms with Crippen LogP contribution in [0, 0.1) is 0 Å². The van der Waals surface area contributed by atoms with Gasteiger partial charge in [-0.1, -0.05) is 36.4 Å². The number of hydrogen-bond acceptors (Lipinski definition) is 3. The molecule has 1 atom stereocenters. The van der Waals surface area contributed by atoms with Crippen LogP contribution in [0.15, 0.2) is 70.0 Å². The van der Waals surface area contributed by atoms with E-state index in [1.165, 1.54) is 0 Å². The molecular weight excluding hydrogens is 298 g/mol. The van der Waals surface area contributed by atoms with E-state index in [2.05, 4.69) is 4.72 Å². The number of rotatable bonds is 5. The van der Waals surface area contributed by atoms with Crippen LogP contribution in [-0.2, 0) is 16.4 Å². The smallest absolute Gasteiger partial charge is 0.240 e. The highest BCUT2D eigenvalue weighted by Gasteiger charge is 2.18. The van der Waals surface area contributed by atoms with Gasteiger partial charge in [-0.2, -0.15) is 0 Å². The number of sulfonamides is 1. The molecule has 1 heterocycles. The molecule has 1 aromatic heterocycles. The Morgan fingerprint density at radius 2 is 1.73 bits per heavy atom. The van der Waals surface area contributed by atoms with Gasteiger partial charge < -0.3 is 4.42 Å². The molecular formula is C17H17NO3S. The third kappa shape index (κ3) is 3.21. The van der Waals surface area contributed by atoms with Crippen LogP contribution in [0.3, 0.4) is 0 Å². The molecule has 0 unspecified atom stereocenters. The molecule has 3 aromatic rings. The zero-order valence-electron chi connectivity index (χ0n) is 12.2. The van der Waals surface area contributed by atoms with Crippen LogP contribution in [0.4, 0.5) is 0 Å². The highest BCUT2D eigenvalue weighted by Crippen LogP contribution is 2.20. The zero-order chi connectivity index (χ0) is 15.6. The average molecular weight is 315 g/mol. The van der Waals surface area contributed by atoms with Gasteiger partial charge in [0.15, 0.2) is 0 Å². The maximum atomic E-state index is 12.3. The van der Waals surface area contributed by atoms with Crippen LogP contribution in [0.2, 0.25) is 0 Å². The molecule has 0 fully saturated rings. The Morgan fingerprint density at radius 3 is 2.45 bits per heavy atom. The normalized spacial score (nSPS) is 13.3. The summed E-state index contributed by atoms with van der Waals surface area (Å²) in [6.07, 6.45) is 0.501. The molecule has 4 nitrogen and oxygen atoms in total. The van der Waals surface area contributed by atoms with Crippen molar-refractivity contribution >= 4 is 21.0 Å². The van der Waals surface area contributed by atoms with Gasteiger partial charge in [0.05, 0.1) is 4.90 Å². The minimum Gasteiger partial charge on any atom is -0.461 e. The molecule has 0 saturated carbocycles. The first-order valence-electron chi connectivity index (χ1n) is 7.09. The van der Waals surface area contributed by atoms with Crippen molar-refractivity contribution in [1.29, 1.82) is 0 Å². The summed E-state index contributed by atoms with van der Waals surface area (Å²) in [5, 5.41) is 1.02. The summed E-state index contributed by atoms with van der Waals surface area (Å²) >= 11 is 0. The molecule has 0 aliphatic heterocycles. The third-order valence-electron chi connectivity index (χ3n) is 3.39. The van der Waals surface area contributed by atoms with Crippen molar-refractivity contribution < 1.29 is 12.8 Å². The van der Waals surface area contributed by atoms with E-state index in [4.69, 9.17) is 4.42 Å². The van der Waals surface area contributed by atoms with Crippen LogP contribution in [0.25, 0.3) is 11.0 Å². The standard InChI is InChI=1S/C17H17NO3S/c1-13(18-22(19,20)16-8-3-2-4-9-16)11-15-12-14-7-5-6-10-17(14)21-15/h2-10,12-13,18H,11H2,1H3/t13-/m1/s1. The predicted octanol–water partition coefficient (Wildman–Crippen LogP) is 3.34. The number of fused-ring (bicyclic) bond motifs is 1. The largest absolute Gasteiger partial charge is 0.461 e. The third-order valence-corrected chi connectivity index (χ3v) is 5.00. The van der Waals surface area contributed by atoms with Crippen molar-refractivity contribution in [2.75, 3.05) is 0 Å². The molecule has 0 aliphatic carbocycles. The summed E-state index contributed by atoms with van der Waals surface area (Å²) in [4.78, 5) is 0.270. The van der Waals surface area contributed by atoms with Crippen molar-refractivity contribution in [1.82, 2.24) is 4.72 Å². The van der Waals surface area contributed by atoms with Crippen molar-refractivity contribution in [3.05, 3.63) is 66.4 Å². The minimum absolute atomic E-state index is 0.259. The van der Waals surface area contributed by atoms with Gasteiger partial charge in [0, 0.05) is 17.8 Å². The van der Waals surface area contributed by atoms with Crippen molar-refractivity contribution in [3.8, 4) is 0 Å². The second-order valence-corrected chi connectivity index (χ2v) is 7.00. The Balaban J connectivity index is 1.73. The topological polar surface area (TPSA) is 59.3 Å². The van der Waals surface area contributed by atoms with Crippen LogP contribution >= 0.6 is 0 Å². The average Bonchev–Trinajstić information content (AvgIpc) is 2.89. The molecule has 3 rings (SSSR count). The van der Waals surface area contributed by atoms with Gasteiger partial charge in [0.1, 0.15) is 11.3 Å². The number of benzene rings is 2. The van der Waals surface area contributed by atoms with E-state index >= 15 is 0 Å². The van der Waals surface area contributed by atoms with E-state index in [1.807, 2.05) is 37.3 Å². The van der Waals surface area contributed by atoms with Crippen LogP contribution in [0.1, 0.15) is 12.7 Å². The summed E-state index contributed by atoms with van der Waals surface area (Å²) in [6.45, 7) is 1.83. The van der Waals surface area contributed by atoms with Crippen LogP contribution in [-0.4, -0.2) is 14.5 Å². The molecule has 0 radical (unpaired) electrons. The van der Waals surface area contributed by atoms with E-state index in [9.17, 15) is 8.42 Å². The van der Waals surface area contributed by atoms with Gasteiger partial charge >= 0.3 is 0 Å². The molecule has 0 amide bonds. The lowest BCUT2D eigenvalue weighted by Gasteiger charge is -2.12. The summed E-state index contributed by atoms with van der Waals surface area (Å²) in [6, 6.07) is 17.8. The molecule has 5 heteroatoms. The number of para-hydroxylation sites is 1. The SMILES string of the molecule is C[C@H](Cc1cc2ccccc2o1)NS(=O)(=O)c1ccccc1. The maximum absolute atomic E-state index is 12.3. The molecule has 1 N–H and O–H groups in total. The highest BCUT2D eigenvalue weighted by atomic mass is 32.2. The maximum Gasteiger partial charge on any atom is 0.240 e. The van der Waals surface area contributed by atoms with Crippen molar-refractivity contribution in [3.63, 3.8) is 0 Å². The number of nitrogens with one attached hydrogen (secondary N) is 1.